The van der Waals surface area contributed by atoms with E-state index in [0.29, 0.717) is 12.8 Å². The number of carbonyl (C=O) groups excluding carboxylic acids is 3. The number of para-hydroxylation sites is 1. The summed E-state index contributed by atoms with van der Waals surface area (Å²) in [6, 6.07) is 6.61. The van der Waals surface area contributed by atoms with Gasteiger partial charge < -0.3 is 34.7 Å². The van der Waals surface area contributed by atoms with Crippen molar-refractivity contribution in [3.05, 3.63) is 42.4 Å². The van der Waals surface area contributed by atoms with Crippen molar-refractivity contribution >= 4 is 25.6 Å². The van der Waals surface area contributed by atoms with E-state index in [1.165, 1.54) is 12.1 Å². The Kier molecular flexibility index (Phi) is 13.2. The van der Waals surface area contributed by atoms with Crippen LogP contribution in [0.2, 0.25) is 0 Å². The first-order valence-corrected chi connectivity index (χ1v) is 15.9. The molecule has 1 aliphatic heterocycles. The summed E-state index contributed by atoms with van der Waals surface area (Å²) in [5.41, 5.74) is 4.80. The molecule has 44 heavy (non-hydrogen) atoms. The van der Waals surface area contributed by atoms with Gasteiger partial charge in [-0.15, -0.1) is 0 Å². The number of imidazole rings is 1. The smallest absolute Gasteiger partial charge is 0.459 e. The fourth-order valence-corrected chi connectivity index (χ4v) is 5.64. The Labute approximate surface area is 255 Å². The van der Waals surface area contributed by atoms with E-state index in [4.69, 9.17) is 29.0 Å². The highest BCUT2D eigenvalue weighted by atomic mass is 31.2. The lowest BCUT2D eigenvalue weighted by atomic mass is 10.1. The van der Waals surface area contributed by atoms with Gasteiger partial charge in [0.25, 0.3) is 5.91 Å². The first kappa shape index (κ1) is 35.0. The van der Waals surface area contributed by atoms with E-state index in [0.717, 1.165) is 17.3 Å². The number of aromatic nitrogens is 2. The fourth-order valence-electron chi connectivity index (χ4n) is 4.12. The van der Waals surface area contributed by atoms with E-state index >= 15 is 0 Å². The van der Waals surface area contributed by atoms with Gasteiger partial charge in [-0.05, 0) is 30.9 Å². The number of aliphatic hydroxyl groups excluding tert-OH is 1. The molecule has 5 atom stereocenters. The van der Waals surface area contributed by atoms with Crippen molar-refractivity contribution in [2.75, 3.05) is 19.8 Å². The molecular formula is C28H41N4O11P. The molecule has 1 aromatic heterocycles. The monoisotopic (exact) mass is 640 g/mol. The molecule has 1 unspecified atom stereocenters. The average molecular weight is 641 g/mol. The molecule has 5 N–H and O–H groups in total. The molecule has 244 valence electrons. The highest BCUT2D eigenvalue weighted by Gasteiger charge is 2.41. The van der Waals surface area contributed by atoms with Crippen molar-refractivity contribution in [3.63, 3.8) is 0 Å². The molecule has 1 saturated heterocycles. The number of nitrogens with two attached hydrogens (primary N) is 1. The van der Waals surface area contributed by atoms with Crippen LogP contribution in [0.15, 0.2) is 36.7 Å². The molecule has 0 saturated carbocycles. The number of ether oxygens (including phenoxy) is 3. The van der Waals surface area contributed by atoms with Gasteiger partial charge >= 0.3 is 19.7 Å². The van der Waals surface area contributed by atoms with Gasteiger partial charge in [-0.2, -0.15) is 5.09 Å². The average Bonchev–Trinajstić information content (AvgIpc) is 3.53. The van der Waals surface area contributed by atoms with Gasteiger partial charge in [-0.25, -0.2) is 9.55 Å². The van der Waals surface area contributed by atoms with Crippen LogP contribution in [-0.2, 0) is 32.9 Å². The van der Waals surface area contributed by atoms with Crippen molar-refractivity contribution in [3.8, 4) is 11.6 Å². The lowest BCUT2D eigenvalue weighted by Crippen LogP contribution is -2.40. The third-order valence-corrected chi connectivity index (χ3v) is 8.08. The summed E-state index contributed by atoms with van der Waals surface area (Å²) in [6.45, 7) is 5.69. The molecule has 0 spiro atoms. The molecule has 2 aromatic rings. The van der Waals surface area contributed by atoms with Crippen LogP contribution in [0.3, 0.4) is 0 Å². The van der Waals surface area contributed by atoms with E-state index in [1.54, 1.807) is 18.2 Å². The molecule has 15 nitrogen and oxygen atoms in total. The minimum atomic E-state index is -4.42. The number of unbranched alkanes of at least 4 members (excludes halogenated alkanes) is 1. The minimum absolute atomic E-state index is 0.0239. The van der Waals surface area contributed by atoms with E-state index in [2.05, 4.69) is 10.1 Å². The van der Waals surface area contributed by atoms with Crippen LogP contribution in [0.1, 0.15) is 69.6 Å². The zero-order valence-corrected chi connectivity index (χ0v) is 25.9. The maximum Gasteiger partial charge on any atom is 0.459 e. The summed E-state index contributed by atoms with van der Waals surface area (Å²) >= 11 is 0. The minimum Gasteiger partial charge on any atom is -0.493 e. The lowest BCUT2D eigenvalue weighted by molar-refractivity contribution is -0.152. The number of aromatic hydroxyl groups is 1. The zero-order valence-electron chi connectivity index (χ0n) is 25.0. The maximum atomic E-state index is 14.1. The van der Waals surface area contributed by atoms with E-state index in [9.17, 15) is 29.2 Å². The Bertz CT molecular complexity index is 1290. The molecule has 1 amide bonds. The molecule has 1 aromatic carbocycles. The number of benzene rings is 1. The van der Waals surface area contributed by atoms with Gasteiger partial charge in [0.05, 0.1) is 32.3 Å². The third-order valence-electron chi connectivity index (χ3n) is 6.51. The number of nitrogens with one attached hydrogen (secondary N) is 1. The Balaban J connectivity index is 1.77. The molecule has 0 aliphatic carbocycles. The second-order valence-electron chi connectivity index (χ2n) is 10.6. The number of nitrogens with zero attached hydrogens (tertiary/aromatic N) is 2. The van der Waals surface area contributed by atoms with Gasteiger partial charge in [-0.1, -0.05) is 45.4 Å². The van der Waals surface area contributed by atoms with E-state index in [1.807, 2.05) is 20.8 Å². The Morgan fingerprint density at radius 1 is 1.20 bits per heavy atom. The predicted molar refractivity (Wildman–Crippen MR) is 155 cm³/mol. The molecule has 0 bridgehead atoms. The molecule has 1 aliphatic rings. The van der Waals surface area contributed by atoms with Crippen LogP contribution < -0.4 is 15.3 Å². The summed E-state index contributed by atoms with van der Waals surface area (Å²) in [7, 11) is -4.42. The number of hydrogen-bond acceptors (Lipinski definition) is 12. The van der Waals surface area contributed by atoms with Crippen LogP contribution >= 0.6 is 7.75 Å². The summed E-state index contributed by atoms with van der Waals surface area (Å²) in [5, 5.41) is 23.4. The van der Waals surface area contributed by atoms with Crippen molar-refractivity contribution in [1.29, 1.82) is 0 Å². The second kappa shape index (κ2) is 16.5. The topological polar surface area (TPSA) is 211 Å². The lowest BCUT2D eigenvalue weighted by Gasteiger charge is -2.25. The van der Waals surface area contributed by atoms with Crippen molar-refractivity contribution in [1.82, 2.24) is 14.6 Å². The molecule has 16 heteroatoms. The van der Waals surface area contributed by atoms with Gasteiger partial charge in [0.15, 0.2) is 11.9 Å². The van der Waals surface area contributed by atoms with Gasteiger partial charge in [0.2, 0.25) is 5.88 Å². The number of amides is 1. The highest BCUT2D eigenvalue weighted by molar-refractivity contribution is 7.52. The molecular weight excluding hydrogens is 599 g/mol. The molecule has 3 rings (SSSR count). The number of hydrogen-bond donors (Lipinski definition) is 4. The number of primary amides is 1. The predicted octanol–water partition coefficient (Wildman–Crippen LogP) is 2.82. The summed E-state index contributed by atoms with van der Waals surface area (Å²) in [6.07, 6.45) is -0.637. The summed E-state index contributed by atoms with van der Waals surface area (Å²) in [5.74, 6) is -2.71. The zero-order chi connectivity index (χ0) is 32.3. The van der Waals surface area contributed by atoms with Crippen molar-refractivity contribution in [2.24, 2.45) is 11.7 Å². The quantitative estimate of drug-likeness (QED) is 0.105. The normalized spacial score (nSPS) is 20.2. The number of aliphatic hydroxyl groups is 1. The van der Waals surface area contributed by atoms with E-state index < -0.39 is 74.7 Å². The van der Waals surface area contributed by atoms with Crippen LogP contribution in [0, 0.1) is 5.92 Å². The van der Waals surface area contributed by atoms with E-state index in [-0.39, 0.29) is 31.3 Å². The fraction of sp³-hybridized carbons (Fsp3) is 0.571. The third kappa shape index (κ3) is 10.3. The van der Waals surface area contributed by atoms with Crippen LogP contribution in [0.4, 0.5) is 0 Å². The van der Waals surface area contributed by atoms with Crippen molar-refractivity contribution < 1.29 is 52.4 Å². The number of esters is 2. The van der Waals surface area contributed by atoms with Crippen LogP contribution in [0.25, 0.3) is 0 Å². The largest absolute Gasteiger partial charge is 0.493 e. The van der Waals surface area contributed by atoms with Crippen LogP contribution in [0.5, 0.6) is 11.6 Å². The Morgan fingerprint density at radius 3 is 2.57 bits per heavy atom. The van der Waals surface area contributed by atoms with Gasteiger partial charge in [-0.3, -0.25) is 23.5 Å². The standard InChI is InChI=1S/C28H41N4O11P/c1-4-5-12-39-23(34)15-21(28(37)40-13-11-18(2)3)31-44(38,43-19-9-7-6-8-10-19)41-16-20-14-22(33)27(42-20)32-17-30-24(25(29)35)26(32)36/h6-10,17-18,20-22,27,33,36H,4-5,11-16H2,1-3H3,(H2,29,35)(H,31,38)/t20-,21-,22+,27+,44?/m0/s1. The highest BCUT2D eigenvalue weighted by Crippen LogP contribution is 2.46. The van der Waals surface area contributed by atoms with Gasteiger partial charge in [0, 0.05) is 6.42 Å². The number of carbonyl (C=O) groups is 3. The Morgan fingerprint density at radius 2 is 1.93 bits per heavy atom. The van der Waals surface area contributed by atoms with Crippen molar-refractivity contribution in [2.45, 2.75) is 77.4 Å². The maximum absolute atomic E-state index is 14.1. The number of rotatable bonds is 18. The Hall–Kier alpha value is -3.49. The first-order chi connectivity index (χ1) is 20.9. The second-order valence-corrected chi connectivity index (χ2v) is 12.3. The molecule has 1 fully saturated rings. The summed E-state index contributed by atoms with van der Waals surface area (Å²) in [4.78, 5) is 40.8. The molecule has 0 radical (unpaired) electrons. The SMILES string of the molecule is CCCCOC(=O)C[C@H](NP(=O)(OC[C@@H]1C[C@@H](O)[C@H](n2cnc(C(N)=O)c2O)O1)Oc1ccccc1)C(=O)OCCC(C)C. The summed E-state index contributed by atoms with van der Waals surface area (Å²) < 4.78 is 42.9. The molecule has 2 heterocycles. The van der Waals surface area contributed by atoms with Crippen LogP contribution in [-0.4, -0.2) is 75.7 Å². The van der Waals surface area contributed by atoms with Gasteiger partial charge in [0.1, 0.15) is 24.2 Å². The first-order valence-electron chi connectivity index (χ1n) is 14.4.